The number of hydrogen-bond donors (Lipinski definition) is 1. The van der Waals surface area contributed by atoms with Gasteiger partial charge in [0.1, 0.15) is 0 Å². The second-order valence-corrected chi connectivity index (χ2v) is 8.17. The van der Waals surface area contributed by atoms with E-state index in [-0.39, 0.29) is 5.91 Å². The van der Waals surface area contributed by atoms with Gasteiger partial charge in [0, 0.05) is 17.9 Å². The van der Waals surface area contributed by atoms with Crippen LogP contribution in [0.4, 0.5) is 0 Å². The smallest absolute Gasteiger partial charge is 0.220 e. The van der Waals surface area contributed by atoms with Gasteiger partial charge in [0.15, 0.2) is 11.0 Å². The third kappa shape index (κ3) is 5.94. The van der Waals surface area contributed by atoms with Crippen LogP contribution in [0.1, 0.15) is 48.7 Å². The Kier molecular flexibility index (Phi) is 7.47. The van der Waals surface area contributed by atoms with Crippen LogP contribution in [0.15, 0.2) is 53.7 Å². The molecule has 0 aliphatic carbocycles. The van der Waals surface area contributed by atoms with Crippen LogP contribution in [0.25, 0.3) is 5.69 Å². The molecule has 152 valence electrons. The summed E-state index contributed by atoms with van der Waals surface area (Å²) in [6.07, 6.45) is 2.45. The summed E-state index contributed by atoms with van der Waals surface area (Å²) in [5, 5.41) is 12.6. The van der Waals surface area contributed by atoms with E-state index in [1.54, 1.807) is 11.8 Å². The largest absolute Gasteiger partial charge is 0.349 e. The summed E-state index contributed by atoms with van der Waals surface area (Å²) in [5.74, 6) is 1.61. The maximum Gasteiger partial charge on any atom is 0.220 e. The number of rotatable bonds is 9. The molecule has 5 nitrogen and oxygen atoms in total. The van der Waals surface area contributed by atoms with Crippen molar-refractivity contribution in [1.29, 1.82) is 0 Å². The fraction of sp³-hybridized carbons (Fsp3) is 0.348. The Morgan fingerprint density at radius 3 is 2.59 bits per heavy atom. The number of thioether (sulfide) groups is 1. The molecule has 3 rings (SSSR count). The summed E-state index contributed by atoms with van der Waals surface area (Å²) in [4.78, 5) is 12.0. The number of aromatic nitrogens is 3. The lowest BCUT2D eigenvalue weighted by Gasteiger charge is -2.11. The van der Waals surface area contributed by atoms with Crippen molar-refractivity contribution >= 4 is 17.7 Å². The normalized spacial score (nSPS) is 10.9. The van der Waals surface area contributed by atoms with E-state index in [1.165, 1.54) is 16.7 Å². The van der Waals surface area contributed by atoms with Gasteiger partial charge in [-0.1, -0.05) is 72.6 Å². The van der Waals surface area contributed by atoms with Gasteiger partial charge in [-0.25, -0.2) is 0 Å². The molecule has 2 aromatic carbocycles. The Labute approximate surface area is 176 Å². The minimum Gasteiger partial charge on any atom is -0.349 e. The second kappa shape index (κ2) is 10.3. The summed E-state index contributed by atoms with van der Waals surface area (Å²) in [5.41, 5.74) is 4.71. The van der Waals surface area contributed by atoms with E-state index in [2.05, 4.69) is 84.8 Å². The van der Waals surface area contributed by atoms with Gasteiger partial charge in [0.05, 0.1) is 6.54 Å². The Balaban J connectivity index is 1.80. The van der Waals surface area contributed by atoms with Gasteiger partial charge in [-0.2, -0.15) is 0 Å². The van der Waals surface area contributed by atoms with Gasteiger partial charge in [-0.05, 0) is 38.0 Å². The molecule has 1 heterocycles. The summed E-state index contributed by atoms with van der Waals surface area (Å²) >= 11 is 1.65. The zero-order valence-corrected chi connectivity index (χ0v) is 18.1. The molecule has 0 atom stereocenters. The minimum absolute atomic E-state index is 0.0549. The SMILES string of the molecule is CCCCC(=O)NCc1nnc(SCc2cccc(C)c2)n1-c1ccc(C)cc1. The Morgan fingerprint density at radius 2 is 1.86 bits per heavy atom. The third-order valence-electron chi connectivity index (χ3n) is 4.64. The van der Waals surface area contributed by atoms with Crippen LogP contribution in [0, 0.1) is 13.8 Å². The molecule has 1 N–H and O–H groups in total. The topological polar surface area (TPSA) is 59.8 Å². The number of amides is 1. The molecule has 0 radical (unpaired) electrons. The van der Waals surface area contributed by atoms with Gasteiger partial charge in [-0.3, -0.25) is 9.36 Å². The molecule has 0 spiro atoms. The van der Waals surface area contributed by atoms with Crippen LogP contribution < -0.4 is 5.32 Å². The predicted molar refractivity (Wildman–Crippen MR) is 118 cm³/mol. The van der Waals surface area contributed by atoms with Crippen molar-refractivity contribution in [2.24, 2.45) is 0 Å². The molecule has 0 saturated heterocycles. The molecule has 0 aliphatic heterocycles. The van der Waals surface area contributed by atoms with Crippen molar-refractivity contribution in [1.82, 2.24) is 20.1 Å². The van der Waals surface area contributed by atoms with E-state index in [0.29, 0.717) is 13.0 Å². The van der Waals surface area contributed by atoms with Crippen molar-refractivity contribution in [3.63, 3.8) is 0 Å². The number of aryl methyl sites for hydroxylation is 2. The van der Waals surface area contributed by atoms with Crippen molar-refractivity contribution in [2.45, 2.75) is 57.5 Å². The lowest BCUT2D eigenvalue weighted by molar-refractivity contribution is -0.121. The molecule has 0 aliphatic rings. The summed E-state index contributed by atoms with van der Waals surface area (Å²) in [7, 11) is 0. The van der Waals surface area contributed by atoms with Crippen LogP contribution >= 0.6 is 11.8 Å². The van der Waals surface area contributed by atoms with E-state index in [4.69, 9.17) is 0 Å². The standard InChI is InChI=1S/C23H28N4OS/c1-4-5-9-22(28)24-15-21-25-26-23(27(21)20-12-10-17(2)11-13-20)29-16-19-8-6-7-18(3)14-19/h6-8,10-14H,4-5,9,15-16H2,1-3H3,(H,24,28). The average molecular weight is 409 g/mol. The van der Waals surface area contributed by atoms with E-state index in [1.807, 2.05) is 4.57 Å². The number of benzene rings is 2. The van der Waals surface area contributed by atoms with Crippen molar-refractivity contribution in [3.8, 4) is 5.69 Å². The zero-order chi connectivity index (χ0) is 20.6. The van der Waals surface area contributed by atoms with Gasteiger partial charge in [0.25, 0.3) is 0 Å². The third-order valence-corrected chi connectivity index (χ3v) is 5.64. The van der Waals surface area contributed by atoms with Crippen LogP contribution in [-0.4, -0.2) is 20.7 Å². The first kappa shape index (κ1) is 21.1. The second-order valence-electron chi connectivity index (χ2n) is 7.23. The Morgan fingerprint density at radius 1 is 1.07 bits per heavy atom. The first-order chi connectivity index (χ1) is 14.1. The van der Waals surface area contributed by atoms with E-state index in [0.717, 1.165) is 35.3 Å². The first-order valence-electron chi connectivity index (χ1n) is 10.0. The Hall–Kier alpha value is -2.60. The monoisotopic (exact) mass is 408 g/mol. The molecule has 0 fully saturated rings. The molecular formula is C23H28N4OS. The molecule has 1 amide bonds. The highest BCUT2D eigenvalue weighted by Gasteiger charge is 2.15. The summed E-state index contributed by atoms with van der Waals surface area (Å²) < 4.78 is 2.04. The molecule has 0 unspecified atom stereocenters. The fourth-order valence-corrected chi connectivity index (χ4v) is 3.93. The summed E-state index contributed by atoms with van der Waals surface area (Å²) in [6.45, 7) is 6.62. The molecule has 0 bridgehead atoms. The van der Waals surface area contributed by atoms with Gasteiger partial charge in [-0.15, -0.1) is 10.2 Å². The molecule has 29 heavy (non-hydrogen) atoms. The van der Waals surface area contributed by atoms with Crippen LogP contribution in [-0.2, 0) is 17.1 Å². The highest BCUT2D eigenvalue weighted by molar-refractivity contribution is 7.98. The van der Waals surface area contributed by atoms with Crippen molar-refractivity contribution in [3.05, 3.63) is 71.0 Å². The molecule has 6 heteroatoms. The molecule has 3 aromatic rings. The maximum atomic E-state index is 12.0. The molecular weight excluding hydrogens is 380 g/mol. The Bertz CT molecular complexity index is 950. The van der Waals surface area contributed by atoms with Crippen LogP contribution in [0.3, 0.4) is 0 Å². The number of hydrogen-bond acceptors (Lipinski definition) is 4. The van der Waals surface area contributed by atoms with E-state index < -0.39 is 0 Å². The summed E-state index contributed by atoms with van der Waals surface area (Å²) in [6, 6.07) is 16.8. The average Bonchev–Trinajstić information content (AvgIpc) is 3.12. The molecule has 1 aromatic heterocycles. The fourth-order valence-electron chi connectivity index (χ4n) is 3.01. The quantitative estimate of drug-likeness (QED) is 0.507. The first-order valence-corrected chi connectivity index (χ1v) is 11.0. The number of carbonyl (C=O) groups excluding carboxylic acids is 1. The number of nitrogens with one attached hydrogen (secondary N) is 1. The van der Waals surface area contributed by atoms with Crippen molar-refractivity contribution in [2.75, 3.05) is 0 Å². The van der Waals surface area contributed by atoms with Crippen LogP contribution in [0.2, 0.25) is 0 Å². The van der Waals surface area contributed by atoms with Gasteiger partial charge >= 0.3 is 0 Å². The van der Waals surface area contributed by atoms with Gasteiger partial charge in [0.2, 0.25) is 5.91 Å². The van der Waals surface area contributed by atoms with Crippen molar-refractivity contribution < 1.29 is 4.79 Å². The zero-order valence-electron chi connectivity index (χ0n) is 17.3. The van der Waals surface area contributed by atoms with E-state index in [9.17, 15) is 4.79 Å². The lowest BCUT2D eigenvalue weighted by atomic mass is 10.2. The maximum absolute atomic E-state index is 12.0. The van der Waals surface area contributed by atoms with Crippen LogP contribution in [0.5, 0.6) is 0 Å². The predicted octanol–water partition coefficient (Wildman–Crippen LogP) is 4.98. The highest BCUT2D eigenvalue weighted by atomic mass is 32.2. The number of carbonyl (C=O) groups is 1. The lowest BCUT2D eigenvalue weighted by Crippen LogP contribution is -2.24. The molecule has 0 saturated carbocycles. The van der Waals surface area contributed by atoms with Gasteiger partial charge < -0.3 is 5.32 Å². The minimum atomic E-state index is 0.0549. The van der Waals surface area contributed by atoms with E-state index >= 15 is 0 Å². The highest BCUT2D eigenvalue weighted by Crippen LogP contribution is 2.26. The number of unbranched alkanes of at least 4 members (excludes halogenated alkanes) is 1. The number of nitrogens with zero attached hydrogens (tertiary/aromatic N) is 3.